The van der Waals surface area contributed by atoms with E-state index in [1.807, 2.05) is 0 Å². The highest BCUT2D eigenvalue weighted by atomic mass is 35.6. The second kappa shape index (κ2) is 5.90. The summed E-state index contributed by atoms with van der Waals surface area (Å²) in [7, 11) is 0. The van der Waals surface area contributed by atoms with Crippen molar-refractivity contribution >= 4 is 46.5 Å². The number of amides is 1. The predicted octanol–water partition coefficient (Wildman–Crippen LogP) is 3.46. The van der Waals surface area contributed by atoms with Crippen LogP contribution in [0.4, 0.5) is 19.0 Å². The fraction of sp³-hybridized carbons (Fsp3) is 0.200. The molecule has 1 N–H and O–H groups in total. The number of nitrogens with one attached hydrogen (secondary N) is 1. The molecule has 0 atom stereocenters. The Balaban J connectivity index is 2.16. The van der Waals surface area contributed by atoms with Gasteiger partial charge in [0.25, 0.3) is 9.70 Å². The maximum Gasteiger partial charge on any atom is 0.471 e. The van der Waals surface area contributed by atoms with E-state index in [2.05, 4.69) is 25.0 Å². The SMILES string of the molecule is O=C(Nc1ccc(-c2noc(C(F)(F)F)n2)cn1)C(Cl)(Cl)Cl. The number of rotatable bonds is 2. The quantitative estimate of drug-likeness (QED) is 0.813. The van der Waals surface area contributed by atoms with E-state index in [0.717, 1.165) is 6.20 Å². The monoisotopic (exact) mass is 374 g/mol. The van der Waals surface area contributed by atoms with Crippen molar-refractivity contribution in [3.63, 3.8) is 0 Å². The molecule has 0 aliphatic carbocycles. The number of hydrogen-bond donors (Lipinski definition) is 1. The molecule has 0 aliphatic rings. The number of nitrogens with zero attached hydrogens (tertiary/aromatic N) is 3. The molecule has 0 aromatic carbocycles. The third kappa shape index (κ3) is 3.99. The second-order valence-corrected chi connectivity index (χ2v) is 6.09. The van der Waals surface area contributed by atoms with E-state index in [4.69, 9.17) is 34.8 Å². The molecule has 0 fully saturated rings. The van der Waals surface area contributed by atoms with Crippen molar-refractivity contribution in [2.24, 2.45) is 0 Å². The Kier molecular flexibility index (Phi) is 4.50. The Hall–Kier alpha value is -1.58. The van der Waals surface area contributed by atoms with Gasteiger partial charge in [0.15, 0.2) is 0 Å². The number of anilines is 1. The van der Waals surface area contributed by atoms with Crippen LogP contribution in [-0.4, -0.2) is 24.8 Å². The third-order valence-electron chi connectivity index (χ3n) is 2.19. The minimum atomic E-state index is -4.74. The molecule has 2 aromatic rings. The third-order valence-corrected chi connectivity index (χ3v) is 2.70. The van der Waals surface area contributed by atoms with E-state index in [1.54, 1.807) is 0 Å². The van der Waals surface area contributed by atoms with E-state index < -0.39 is 21.8 Å². The van der Waals surface area contributed by atoms with Gasteiger partial charge in [-0.25, -0.2) is 4.98 Å². The van der Waals surface area contributed by atoms with Gasteiger partial charge in [-0.3, -0.25) is 4.79 Å². The van der Waals surface area contributed by atoms with Crippen LogP contribution in [0.1, 0.15) is 5.89 Å². The average Bonchev–Trinajstić information content (AvgIpc) is 2.88. The van der Waals surface area contributed by atoms with Crippen LogP contribution in [0, 0.1) is 0 Å². The maximum absolute atomic E-state index is 12.3. The number of carbonyl (C=O) groups is 1. The molecule has 2 aromatic heterocycles. The Labute approximate surface area is 135 Å². The number of aromatic nitrogens is 3. The van der Waals surface area contributed by atoms with E-state index in [-0.39, 0.29) is 17.2 Å². The first-order valence-electron chi connectivity index (χ1n) is 5.33. The van der Waals surface area contributed by atoms with Crippen LogP contribution in [0.3, 0.4) is 0 Å². The molecule has 0 spiro atoms. The standard InChI is InChI=1S/C10H4Cl3F3N4O2/c11-9(12,13)7(21)18-5-2-1-4(3-17-5)6-19-8(22-20-6)10(14,15)16/h1-3H,(H,17,18,21). The maximum atomic E-state index is 12.3. The summed E-state index contributed by atoms with van der Waals surface area (Å²) in [6, 6.07) is 2.58. The lowest BCUT2D eigenvalue weighted by Crippen LogP contribution is -2.27. The van der Waals surface area contributed by atoms with Crippen LogP contribution >= 0.6 is 34.8 Å². The van der Waals surface area contributed by atoms with Crippen LogP contribution in [0.5, 0.6) is 0 Å². The van der Waals surface area contributed by atoms with Gasteiger partial charge in [0.2, 0.25) is 5.82 Å². The van der Waals surface area contributed by atoms with E-state index in [9.17, 15) is 18.0 Å². The molecule has 0 unspecified atom stereocenters. The van der Waals surface area contributed by atoms with Crippen LogP contribution < -0.4 is 5.32 Å². The molecule has 0 aliphatic heterocycles. The van der Waals surface area contributed by atoms with Crippen LogP contribution in [0.25, 0.3) is 11.4 Å². The van der Waals surface area contributed by atoms with E-state index in [1.165, 1.54) is 12.1 Å². The van der Waals surface area contributed by atoms with Crippen LogP contribution in [0.15, 0.2) is 22.9 Å². The Morgan fingerprint density at radius 1 is 1.23 bits per heavy atom. The van der Waals surface area contributed by atoms with Gasteiger partial charge in [0.05, 0.1) is 0 Å². The van der Waals surface area contributed by atoms with Gasteiger partial charge in [0.1, 0.15) is 5.82 Å². The summed E-state index contributed by atoms with van der Waals surface area (Å²) >= 11 is 16.1. The molecule has 0 saturated heterocycles. The van der Waals surface area contributed by atoms with Gasteiger partial charge in [-0.1, -0.05) is 40.0 Å². The summed E-state index contributed by atoms with van der Waals surface area (Å²) in [5.74, 6) is -2.69. The minimum Gasteiger partial charge on any atom is -0.329 e. The number of halogens is 6. The van der Waals surface area contributed by atoms with Gasteiger partial charge < -0.3 is 9.84 Å². The average molecular weight is 376 g/mol. The molecule has 22 heavy (non-hydrogen) atoms. The van der Waals surface area contributed by atoms with Crippen molar-refractivity contribution in [2.75, 3.05) is 5.32 Å². The predicted molar refractivity (Wildman–Crippen MR) is 71.5 cm³/mol. The lowest BCUT2D eigenvalue weighted by atomic mass is 10.2. The smallest absolute Gasteiger partial charge is 0.329 e. The zero-order valence-corrected chi connectivity index (χ0v) is 12.4. The molecule has 0 radical (unpaired) electrons. The highest BCUT2D eigenvalue weighted by Gasteiger charge is 2.38. The van der Waals surface area contributed by atoms with E-state index in [0.29, 0.717) is 0 Å². The number of alkyl halides is 6. The van der Waals surface area contributed by atoms with Crippen molar-refractivity contribution < 1.29 is 22.5 Å². The molecule has 1 amide bonds. The molecule has 12 heteroatoms. The van der Waals surface area contributed by atoms with E-state index >= 15 is 0 Å². The summed E-state index contributed by atoms with van der Waals surface area (Å²) in [4.78, 5) is 18.3. The molecular weight excluding hydrogens is 371 g/mol. The molecule has 6 nitrogen and oxygen atoms in total. The Morgan fingerprint density at radius 3 is 2.36 bits per heavy atom. The largest absolute Gasteiger partial charge is 0.471 e. The number of carbonyl (C=O) groups excluding carboxylic acids is 1. The van der Waals surface area contributed by atoms with Crippen molar-refractivity contribution in [2.45, 2.75) is 9.97 Å². The first-order valence-corrected chi connectivity index (χ1v) is 6.46. The van der Waals surface area contributed by atoms with Crippen molar-refractivity contribution in [1.82, 2.24) is 15.1 Å². The van der Waals surface area contributed by atoms with Crippen LogP contribution in [-0.2, 0) is 11.0 Å². The summed E-state index contributed by atoms with van der Waals surface area (Å²) < 4.78 is 38.9. The lowest BCUT2D eigenvalue weighted by molar-refractivity contribution is -0.159. The summed E-state index contributed by atoms with van der Waals surface area (Å²) in [6.45, 7) is 0. The molecule has 0 saturated carbocycles. The minimum absolute atomic E-state index is 0.0274. The Bertz CT molecular complexity index is 682. The fourth-order valence-corrected chi connectivity index (χ4v) is 1.38. The summed E-state index contributed by atoms with van der Waals surface area (Å²) in [5, 5.41) is 5.39. The van der Waals surface area contributed by atoms with Gasteiger partial charge >= 0.3 is 12.1 Å². The molecule has 2 heterocycles. The zero-order valence-electron chi connectivity index (χ0n) is 10.2. The van der Waals surface area contributed by atoms with Gasteiger partial charge in [-0.15, -0.1) is 0 Å². The van der Waals surface area contributed by atoms with Crippen molar-refractivity contribution in [3.8, 4) is 11.4 Å². The highest BCUT2D eigenvalue weighted by Crippen LogP contribution is 2.30. The van der Waals surface area contributed by atoms with Crippen LogP contribution in [0.2, 0.25) is 0 Å². The first kappa shape index (κ1) is 16.8. The first-order chi connectivity index (χ1) is 10.1. The molecule has 0 bridgehead atoms. The number of hydrogen-bond acceptors (Lipinski definition) is 5. The van der Waals surface area contributed by atoms with Crippen molar-refractivity contribution in [1.29, 1.82) is 0 Å². The highest BCUT2D eigenvalue weighted by molar-refractivity contribution is 6.76. The Morgan fingerprint density at radius 2 is 1.91 bits per heavy atom. The van der Waals surface area contributed by atoms with Crippen molar-refractivity contribution in [3.05, 3.63) is 24.2 Å². The molecule has 118 valence electrons. The molecular formula is C10H4Cl3F3N4O2. The summed E-state index contributed by atoms with van der Waals surface area (Å²) in [5.41, 5.74) is 0.145. The zero-order chi connectivity index (χ0) is 16.5. The van der Waals surface area contributed by atoms with Gasteiger partial charge in [-0.05, 0) is 12.1 Å². The normalized spacial score (nSPS) is 12.3. The number of pyridine rings is 1. The van der Waals surface area contributed by atoms with Gasteiger partial charge in [0, 0.05) is 11.8 Å². The molecule has 2 rings (SSSR count). The topological polar surface area (TPSA) is 80.9 Å². The fourth-order valence-electron chi connectivity index (χ4n) is 1.24. The van der Waals surface area contributed by atoms with Gasteiger partial charge in [-0.2, -0.15) is 18.2 Å². The lowest BCUT2D eigenvalue weighted by Gasteiger charge is -2.10. The second-order valence-electron chi connectivity index (χ2n) is 3.80. The summed E-state index contributed by atoms with van der Waals surface area (Å²) in [6.07, 6.45) is -3.62.